The summed E-state index contributed by atoms with van der Waals surface area (Å²) in [6, 6.07) is 5.12. The van der Waals surface area contributed by atoms with Gasteiger partial charge in [0.25, 0.3) is 0 Å². The predicted molar refractivity (Wildman–Crippen MR) is 90.1 cm³/mol. The largest absolute Gasteiger partial charge is 0.492 e. The Bertz CT molecular complexity index is 667. The highest BCUT2D eigenvalue weighted by Gasteiger charge is 2.25. The molecule has 0 atom stereocenters. The summed E-state index contributed by atoms with van der Waals surface area (Å²) in [6.07, 6.45) is 1.93. The summed E-state index contributed by atoms with van der Waals surface area (Å²) in [7, 11) is -3.76. The third-order valence-electron chi connectivity index (χ3n) is 3.56. The van der Waals surface area contributed by atoms with Crippen molar-refractivity contribution in [3.05, 3.63) is 23.8 Å². The fourth-order valence-electron chi connectivity index (χ4n) is 2.46. The van der Waals surface area contributed by atoms with Gasteiger partial charge in [0.2, 0.25) is 0 Å². The molecule has 128 valence electrons. The lowest BCUT2D eigenvalue weighted by Gasteiger charge is -2.24. The van der Waals surface area contributed by atoms with Crippen LogP contribution in [-0.2, 0) is 14.9 Å². The Morgan fingerprint density at radius 2 is 2.04 bits per heavy atom. The van der Waals surface area contributed by atoms with E-state index in [1.807, 2.05) is 13.8 Å². The lowest BCUT2D eigenvalue weighted by Crippen LogP contribution is -2.27. The SMILES string of the molecule is CC.NC1=NS(=O)(=O)Nc2cccc(OCC3CCOCC3)c21. The maximum absolute atomic E-state index is 11.5. The number of amidine groups is 1. The average molecular weight is 341 g/mol. The van der Waals surface area contributed by atoms with E-state index in [4.69, 9.17) is 15.2 Å². The Kier molecular flexibility index (Phi) is 5.84. The van der Waals surface area contributed by atoms with Crippen molar-refractivity contribution >= 4 is 21.7 Å². The van der Waals surface area contributed by atoms with Gasteiger partial charge in [0.15, 0.2) is 5.84 Å². The van der Waals surface area contributed by atoms with Gasteiger partial charge in [0.05, 0.1) is 17.9 Å². The van der Waals surface area contributed by atoms with E-state index in [9.17, 15) is 8.42 Å². The Balaban J connectivity index is 0.000000924. The first-order valence-electron chi connectivity index (χ1n) is 7.77. The van der Waals surface area contributed by atoms with Crippen molar-refractivity contribution in [3.63, 3.8) is 0 Å². The van der Waals surface area contributed by atoms with Gasteiger partial charge < -0.3 is 15.2 Å². The number of benzene rings is 1. The topological polar surface area (TPSA) is 103 Å². The zero-order chi connectivity index (χ0) is 16.9. The van der Waals surface area contributed by atoms with Crippen LogP contribution in [0.5, 0.6) is 5.75 Å². The molecule has 3 N–H and O–H groups in total. The van der Waals surface area contributed by atoms with Crippen LogP contribution in [0.1, 0.15) is 32.3 Å². The summed E-state index contributed by atoms with van der Waals surface area (Å²) in [5.41, 5.74) is 6.66. The van der Waals surface area contributed by atoms with Crippen molar-refractivity contribution in [1.82, 2.24) is 0 Å². The van der Waals surface area contributed by atoms with Crippen LogP contribution in [0.3, 0.4) is 0 Å². The van der Waals surface area contributed by atoms with Crippen molar-refractivity contribution in [1.29, 1.82) is 0 Å². The van der Waals surface area contributed by atoms with E-state index in [1.165, 1.54) is 0 Å². The number of fused-ring (bicyclic) bond motifs is 1. The monoisotopic (exact) mass is 341 g/mol. The Hall–Kier alpha value is -1.80. The first kappa shape index (κ1) is 17.6. The first-order valence-corrected chi connectivity index (χ1v) is 9.21. The second-order valence-corrected chi connectivity index (χ2v) is 6.44. The van der Waals surface area contributed by atoms with E-state index in [2.05, 4.69) is 9.12 Å². The van der Waals surface area contributed by atoms with E-state index in [0.29, 0.717) is 29.5 Å². The molecule has 0 aromatic heterocycles. The fraction of sp³-hybridized carbons (Fsp3) is 0.533. The van der Waals surface area contributed by atoms with Crippen LogP contribution in [-0.4, -0.2) is 34.1 Å². The lowest BCUT2D eigenvalue weighted by atomic mass is 10.0. The van der Waals surface area contributed by atoms with Crippen molar-refractivity contribution in [2.24, 2.45) is 16.0 Å². The maximum atomic E-state index is 11.5. The molecule has 1 saturated heterocycles. The van der Waals surface area contributed by atoms with Crippen molar-refractivity contribution < 1.29 is 17.9 Å². The van der Waals surface area contributed by atoms with Crippen LogP contribution >= 0.6 is 0 Å². The minimum absolute atomic E-state index is 0.0497. The van der Waals surface area contributed by atoms with Gasteiger partial charge in [-0.3, -0.25) is 4.72 Å². The molecule has 2 aliphatic heterocycles. The number of ether oxygens (including phenoxy) is 2. The molecule has 0 unspecified atom stereocenters. The summed E-state index contributed by atoms with van der Waals surface area (Å²) < 4.78 is 40.0. The lowest BCUT2D eigenvalue weighted by molar-refractivity contribution is 0.0497. The molecular weight excluding hydrogens is 318 g/mol. The highest BCUT2D eigenvalue weighted by molar-refractivity contribution is 7.91. The van der Waals surface area contributed by atoms with Crippen LogP contribution in [0.4, 0.5) is 5.69 Å². The molecular formula is C15H23N3O4S. The van der Waals surface area contributed by atoms with Gasteiger partial charge in [-0.15, -0.1) is 4.40 Å². The molecule has 0 spiro atoms. The maximum Gasteiger partial charge on any atom is 0.344 e. The zero-order valence-electron chi connectivity index (χ0n) is 13.4. The standard InChI is InChI=1S/C13H17N3O4S.C2H6/c14-13-12-10(15-21(17,18)16-13)2-1-3-11(12)20-8-9-4-6-19-7-5-9;1-2/h1-3,9,15H,4-8H2,(H2,14,16);1-2H3. The van der Waals surface area contributed by atoms with Crippen LogP contribution in [0, 0.1) is 5.92 Å². The van der Waals surface area contributed by atoms with Crippen LogP contribution < -0.4 is 15.2 Å². The number of nitrogens with one attached hydrogen (secondary N) is 1. The van der Waals surface area contributed by atoms with Gasteiger partial charge in [-0.25, -0.2) is 0 Å². The number of rotatable bonds is 3. The van der Waals surface area contributed by atoms with Crippen LogP contribution in [0.2, 0.25) is 0 Å². The summed E-state index contributed by atoms with van der Waals surface area (Å²) >= 11 is 0. The van der Waals surface area contributed by atoms with Crippen molar-refractivity contribution in [2.75, 3.05) is 24.5 Å². The number of nitrogens with two attached hydrogens (primary N) is 1. The minimum atomic E-state index is -3.76. The van der Waals surface area contributed by atoms with Crippen LogP contribution in [0.15, 0.2) is 22.6 Å². The van der Waals surface area contributed by atoms with E-state index >= 15 is 0 Å². The molecule has 2 aliphatic rings. The summed E-state index contributed by atoms with van der Waals surface area (Å²) in [6.45, 7) is 6.06. The van der Waals surface area contributed by atoms with Gasteiger partial charge in [-0.2, -0.15) is 8.42 Å². The average Bonchev–Trinajstić information content (AvgIpc) is 2.54. The molecule has 0 amide bonds. The van der Waals surface area contributed by atoms with Crippen molar-refractivity contribution in [2.45, 2.75) is 26.7 Å². The summed E-state index contributed by atoms with van der Waals surface area (Å²) in [5.74, 6) is 0.932. The van der Waals surface area contributed by atoms with Crippen LogP contribution in [0.25, 0.3) is 0 Å². The second kappa shape index (κ2) is 7.65. The molecule has 7 nitrogen and oxygen atoms in total. The number of anilines is 1. The Morgan fingerprint density at radius 3 is 2.74 bits per heavy atom. The summed E-state index contributed by atoms with van der Waals surface area (Å²) in [4.78, 5) is 0. The van der Waals surface area contributed by atoms with Crippen molar-refractivity contribution in [3.8, 4) is 5.75 Å². The normalized spacial score (nSPS) is 19.5. The fourth-order valence-corrected chi connectivity index (χ4v) is 3.30. The molecule has 1 aromatic carbocycles. The molecule has 8 heteroatoms. The molecule has 0 radical (unpaired) electrons. The number of hydrogen-bond acceptors (Lipinski definition) is 5. The molecule has 2 heterocycles. The molecule has 3 rings (SSSR count). The second-order valence-electron chi connectivity index (χ2n) is 5.10. The Morgan fingerprint density at radius 1 is 1.35 bits per heavy atom. The quantitative estimate of drug-likeness (QED) is 0.874. The Labute approximate surface area is 137 Å². The van der Waals surface area contributed by atoms with E-state index in [1.54, 1.807) is 18.2 Å². The van der Waals surface area contributed by atoms with E-state index < -0.39 is 10.2 Å². The third-order valence-corrected chi connectivity index (χ3v) is 4.47. The van der Waals surface area contributed by atoms with Gasteiger partial charge in [-0.1, -0.05) is 19.9 Å². The van der Waals surface area contributed by atoms with Gasteiger partial charge in [0.1, 0.15) is 5.75 Å². The highest BCUT2D eigenvalue weighted by atomic mass is 32.2. The molecule has 1 aromatic rings. The molecule has 23 heavy (non-hydrogen) atoms. The van der Waals surface area contributed by atoms with Gasteiger partial charge in [-0.05, 0) is 30.9 Å². The first-order chi connectivity index (χ1) is 11.1. The molecule has 0 aliphatic carbocycles. The minimum Gasteiger partial charge on any atom is -0.492 e. The molecule has 0 bridgehead atoms. The highest BCUT2D eigenvalue weighted by Crippen LogP contribution is 2.31. The zero-order valence-corrected chi connectivity index (χ0v) is 14.2. The predicted octanol–water partition coefficient (Wildman–Crippen LogP) is 1.89. The number of hydrogen-bond donors (Lipinski definition) is 2. The van der Waals surface area contributed by atoms with E-state index in [-0.39, 0.29) is 5.84 Å². The van der Waals surface area contributed by atoms with E-state index in [0.717, 1.165) is 26.1 Å². The molecule has 0 saturated carbocycles. The van der Waals surface area contributed by atoms with Gasteiger partial charge in [0, 0.05) is 13.2 Å². The molecule has 1 fully saturated rings. The number of nitrogens with zero attached hydrogens (tertiary/aromatic N) is 1. The van der Waals surface area contributed by atoms with Gasteiger partial charge >= 0.3 is 10.2 Å². The summed E-state index contributed by atoms with van der Waals surface area (Å²) in [5, 5.41) is 0. The third kappa shape index (κ3) is 4.35. The smallest absolute Gasteiger partial charge is 0.344 e.